The minimum atomic E-state index is 0.739. The summed E-state index contributed by atoms with van der Waals surface area (Å²) in [6.07, 6.45) is 1.32. The molecule has 0 bridgehead atoms. The van der Waals surface area contributed by atoms with E-state index in [2.05, 4.69) is 55.3 Å². The van der Waals surface area contributed by atoms with E-state index < -0.39 is 0 Å². The van der Waals surface area contributed by atoms with E-state index in [1.807, 2.05) is 0 Å². The summed E-state index contributed by atoms with van der Waals surface area (Å²) in [7, 11) is 0. The van der Waals surface area contributed by atoms with Crippen LogP contribution in [-0.2, 0) is 6.54 Å². The Hall–Kier alpha value is -1.09. The van der Waals surface area contributed by atoms with Gasteiger partial charge in [-0.25, -0.2) is 0 Å². The lowest BCUT2D eigenvalue weighted by atomic mass is 9.92. The number of aryl methyl sites for hydroxylation is 1. The molecule has 0 amide bonds. The molecular formula is C16H24N2S. The molecule has 0 radical (unpaired) electrons. The molecule has 0 aromatic heterocycles. The highest BCUT2D eigenvalue weighted by Gasteiger charge is 2.23. The van der Waals surface area contributed by atoms with E-state index in [1.165, 1.54) is 17.5 Å². The van der Waals surface area contributed by atoms with Gasteiger partial charge in [-0.05, 0) is 43.0 Å². The van der Waals surface area contributed by atoms with Crippen molar-refractivity contribution in [1.29, 1.82) is 0 Å². The number of nitrogens with zero attached hydrogens (tertiary/aromatic N) is 1. The lowest BCUT2D eigenvalue weighted by molar-refractivity contribution is 0.212. The maximum atomic E-state index is 5.52. The Kier molecular flexibility index (Phi) is 4.81. The van der Waals surface area contributed by atoms with Crippen LogP contribution in [0.4, 0.5) is 0 Å². The fourth-order valence-corrected chi connectivity index (χ4v) is 3.05. The number of hydrogen-bond donors (Lipinski definition) is 1. The molecule has 1 heterocycles. The normalized spacial score (nSPS) is 23.2. The topological polar surface area (TPSA) is 15.3 Å². The molecule has 0 spiro atoms. The Labute approximate surface area is 122 Å². The van der Waals surface area contributed by atoms with Crippen LogP contribution < -0.4 is 5.32 Å². The second-order valence-electron chi connectivity index (χ2n) is 6.00. The predicted molar refractivity (Wildman–Crippen MR) is 85.1 cm³/mol. The molecule has 1 fully saturated rings. The molecule has 0 saturated carbocycles. The summed E-state index contributed by atoms with van der Waals surface area (Å²) in [5.41, 5.74) is 2.58. The Morgan fingerprint density at radius 3 is 2.37 bits per heavy atom. The van der Waals surface area contributed by atoms with Gasteiger partial charge in [0.1, 0.15) is 0 Å². The van der Waals surface area contributed by atoms with Gasteiger partial charge in [0.2, 0.25) is 0 Å². The fourth-order valence-electron chi connectivity index (χ4n) is 2.82. The fraction of sp³-hybridized carbons (Fsp3) is 0.562. The first-order valence-corrected chi connectivity index (χ1v) is 7.53. The van der Waals surface area contributed by atoms with Crippen LogP contribution in [0.1, 0.15) is 31.4 Å². The van der Waals surface area contributed by atoms with Crippen LogP contribution in [0.25, 0.3) is 0 Å². The second kappa shape index (κ2) is 6.38. The zero-order chi connectivity index (χ0) is 13.8. The van der Waals surface area contributed by atoms with Crippen molar-refractivity contribution in [3.05, 3.63) is 35.4 Å². The molecule has 3 heteroatoms. The third-order valence-electron chi connectivity index (χ3n) is 3.72. The maximum Gasteiger partial charge on any atom is 0.169 e. The van der Waals surface area contributed by atoms with Crippen molar-refractivity contribution in [1.82, 2.24) is 10.2 Å². The lowest BCUT2D eigenvalue weighted by Crippen LogP contribution is -2.47. The first-order valence-electron chi connectivity index (χ1n) is 7.13. The Bertz CT molecular complexity index is 417. The number of benzene rings is 1. The molecule has 0 aliphatic carbocycles. The summed E-state index contributed by atoms with van der Waals surface area (Å²) in [6, 6.07) is 8.61. The van der Waals surface area contributed by atoms with Gasteiger partial charge in [0.05, 0.1) is 0 Å². The van der Waals surface area contributed by atoms with Gasteiger partial charge < -0.3 is 10.2 Å². The molecule has 1 aromatic carbocycles. The van der Waals surface area contributed by atoms with Crippen LogP contribution in [0.3, 0.4) is 0 Å². The second-order valence-corrected chi connectivity index (χ2v) is 6.38. The third-order valence-corrected chi connectivity index (χ3v) is 4.12. The molecule has 104 valence electrons. The predicted octanol–water partition coefficient (Wildman–Crippen LogP) is 3.35. The highest BCUT2D eigenvalue weighted by molar-refractivity contribution is 7.80. The van der Waals surface area contributed by atoms with Crippen molar-refractivity contribution in [3.8, 4) is 0 Å². The standard InChI is InChI=1S/C16H24N2S/c1-12-4-6-15(7-5-12)9-17-16(19)18-10-13(2)8-14(3)11-18/h4-7,13-14H,8-11H2,1-3H3,(H,17,19). The summed E-state index contributed by atoms with van der Waals surface area (Å²) >= 11 is 5.52. The SMILES string of the molecule is Cc1ccc(CNC(=S)N2CC(C)CC(C)C2)cc1. The Balaban J connectivity index is 1.85. The van der Waals surface area contributed by atoms with Crippen molar-refractivity contribution < 1.29 is 0 Å². The van der Waals surface area contributed by atoms with Gasteiger partial charge in [0, 0.05) is 19.6 Å². The van der Waals surface area contributed by atoms with Gasteiger partial charge in [-0.15, -0.1) is 0 Å². The summed E-state index contributed by atoms with van der Waals surface area (Å²) in [6.45, 7) is 9.72. The number of thiocarbonyl (C=S) groups is 1. The zero-order valence-corrected chi connectivity index (χ0v) is 13.0. The van der Waals surface area contributed by atoms with Gasteiger partial charge in [0.15, 0.2) is 5.11 Å². The minimum Gasteiger partial charge on any atom is -0.358 e. The van der Waals surface area contributed by atoms with Crippen LogP contribution in [0.5, 0.6) is 0 Å². The number of piperidine rings is 1. The van der Waals surface area contributed by atoms with E-state index in [0.717, 1.165) is 36.6 Å². The summed E-state index contributed by atoms with van der Waals surface area (Å²) < 4.78 is 0. The number of hydrogen-bond acceptors (Lipinski definition) is 1. The highest BCUT2D eigenvalue weighted by atomic mass is 32.1. The van der Waals surface area contributed by atoms with Gasteiger partial charge in [0.25, 0.3) is 0 Å². The zero-order valence-electron chi connectivity index (χ0n) is 12.1. The number of nitrogens with one attached hydrogen (secondary N) is 1. The molecule has 2 atom stereocenters. The van der Waals surface area contributed by atoms with E-state index in [1.54, 1.807) is 0 Å². The largest absolute Gasteiger partial charge is 0.358 e. The molecule has 2 unspecified atom stereocenters. The van der Waals surface area contributed by atoms with Gasteiger partial charge in [-0.2, -0.15) is 0 Å². The molecule has 2 rings (SSSR count). The first kappa shape index (κ1) is 14.3. The minimum absolute atomic E-state index is 0.739. The maximum absolute atomic E-state index is 5.52. The molecule has 1 aliphatic heterocycles. The van der Waals surface area contributed by atoms with Crippen LogP contribution in [0, 0.1) is 18.8 Å². The van der Waals surface area contributed by atoms with E-state index >= 15 is 0 Å². The number of rotatable bonds is 2. The van der Waals surface area contributed by atoms with E-state index in [-0.39, 0.29) is 0 Å². The molecule has 19 heavy (non-hydrogen) atoms. The van der Waals surface area contributed by atoms with E-state index in [0.29, 0.717) is 0 Å². The monoisotopic (exact) mass is 276 g/mol. The van der Waals surface area contributed by atoms with Crippen LogP contribution >= 0.6 is 12.2 Å². The van der Waals surface area contributed by atoms with Gasteiger partial charge in [-0.1, -0.05) is 43.7 Å². The van der Waals surface area contributed by atoms with Crippen LogP contribution in [0.15, 0.2) is 24.3 Å². The lowest BCUT2D eigenvalue weighted by Gasteiger charge is -2.36. The summed E-state index contributed by atoms with van der Waals surface area (Å²) in [4.78, 5) is 2.32. The van der Waals surface area contributed by atoms with E-state index in [9.17, 15) is 0 Å². The molecule has 2 nitrogen and oxygen atoms in total. The Morgan fingerprint density at radius 1 is 1.21 bits per heavy atom. The van der Waals surface area contributed by atoms with Crippen molar-refractivity contribution in [2.24, 2.45) is 11.8 Å². The quantitative estimate of drug-likeness (QED) is 0.834. The van der Waals surface area contributed by atoms with Crippen molar-refractivity contribution in [2.45, 2.75) is 33.7 Å². The summed E-state index contributed by atoms with van der Waals surface area (Å²) in [5.74, 6) is 1.48. The number of likely N-dealkylation sites (tertiary alicyclic amines) is 1. The first-order chi connectivity index (χ1) is 9.04. The average molecular weight is 276 g/mol. The van der Waals surface area contributed by atoms with Crippen LogP contribution in [-0.4, -0.2) is 23.1 Å². The Morgan fingerprint density at radius 2 is 1.79 bits per heavy atom. The molecule has 1 aliphatic rings. The van der Waals surface area contributed by atoms with Gasteiger partial charge in [-0.3, -0.25) is 0 Å². The van der Waals surface area contributed by atoms with Crippen LogP contribution in [0.2, 0.25) is 0 Å². The van der Waals surface area contributed by atoms with Crippen molar-refractivity contribution in [3.63, 3.8) is 0 Å². The van der Waals surface area contributed by atoms with Crippen molar-refractivity contribution in [2.75, 3.05) is 13.1 Å². The molecule has 1 aromatic rings. The van der Waals surface area contributed by atoms with Gasteiger partial charge >= 0.3 is 0 Å². The molecular weight excluding hydrogens is 252 g/mol. The molecule has 1 saturated heterocycles. The average Bonchev–Trinajstić information content (AvgIpc) is 2.36. The van der Waals surface area contributed by atoms with E-state index in [4.69, 9.17) is 12.2 Å². The molecule has 1 N–H and O–H groups in total. The third kappa shape index (κ3) is 4.20. The highest BCUT2D eigenvalue weighted by Crippen LogP contribution is 2.20. The smallest absolute Gasteiger partial charge is 0.169 e. The van der Waals surface area contributed by atoms with Crippen molar-refractivity contribution >= 4 is 17.3 Å². The summed E-state index contributed by atoms with van der Waals surface area (Å²) in [5, 5.41) is 4.29.